The van der Waals surface area contributed by atoms with Crippen molar-refractivity contribution >= 4 is 11.9 Å². The lowest BCUT2D eigenvalue weighted by Crippen LogP contribution is -2.35. The number of aliphatic carboxylic acids is 1. The summed E-state index contributed by atoms with van der Waals surface area (Å²) in [6.07, 6.45) is 5.76. The minimum Gasteiger partial charge on any atom is -0.481 e. The molecule has 1 aromatic rings. The molecule has 0 atom stereocenters. The minimum atomic E-state index is -0.855. The number of nitrogens with zero attached hydrogens (tertiary/aromatic N) is 2. The summed E-state index contributed by atoms with van der Waals surface area (Å²) in [6.45, 7) is 2.43. The van der Waals surface area contributed by atoms with Crippen LogP contribution in [0.2, 0.25) is 0 Å². The van der Waals surface area contributed by atoms with Gasteiger partial charge in [0.1, 0.15) is 0 Å². The Kier molecular flexibility index (Phi) is 4.65. The molecule has 21 heavy (non-hydrogen) atoms. The molecule has 1 amide bonds. The van der Waals surface area contributed by atoms with Crippen molar-refractivity contribution in [1.29, 1.82) is 0 Å². The molecule has 1 aliphatic carbocycles. The number of nitrogens with one attached hydrogen (secondary N) is 1. The number of hydrogen-bond donors (Lipinski definition) is 2. The molecule has 0 unspecified atom stereocenters. The van der Waals surface area contributed by atoms with Gasteiger partial charge in [0.15, 0.2) is 0 Å². The monoisotopic (exact) mass is 293 g/mol. The van der Waals surface area contributed by atoms with Crippen molar-refractivity contribution in [1.82, 2.24) is 15.1 Å². The quantitative estimate of drug-likeness (QED) is 0.835. The molecule has 1 aromatic heterocycles. The molecule has 0 aliphatic heterocycles. The van der Waals surface area contributed by atoms with Gasteiger partial charge in [-0.25, -0.2) is 0 Å². The van der Waals surface area contributed by atoms with Crippen molar-refractivity contribution in [2.45, 2.75) is 52.0 Å². The molecule has 0 saturated heterocycles. The number of carboxylic acid groups (broad SMARTS) is 1. The Morgan fingerprint density at radius 1 is 1.43 bits per heavy atom. The van der Waals surface area contributed by atoms with E-state index in [9.17, 15) is 14.7 Å². The molecule has 0 spiro atoms. The maximum absolute atomic E-state index is 12.1. The Labute approximate surface area is 124 Å². The Balaban J connectivity index is 1.94. The number of hydrogen-bond acceptors (Lipinski definition) is 3. The van der Waals surface area contributed by atoms with Gasteiger partial charge in [-0.2, -0.15) is 5.10 Å². The van der Waals surface area contributed by atoms with Gasteiger partial charge in [0.05, 0.1) is 11.1 Å². The summed E-state index contributed by atoms with van der Waals surface area (Å²) < 4.78 is 1.73. The normalized spacial score (nSPS) is 16.9. The highest BCUT2D eigenvalue weighted by molar-refractivity contribution is 5.85. The predicted molar refractivity (Wildman–Crippen MR) is 77.6 cm³/mol. The van der Waals surface area contributed by atoms with Gasteiger partial charge in [-0.1, -0.05) is 19.8 Å². The van der Waals surface area contributed by atoms with Crippen LogP contribution in [0.25, 0.3) is 0 Å². The zero-order valence-corrected chi connectivity index (χ0v) is 12.7. The van der Waals surface area contributed by atoms with E-state index in [1.807, 2.05) is 20.2 Å². The first-order valence-electron chi connectivity index (χ1n) is 7.48. The number of carbonyl (C=O) groups is 2. The first-order valence-corrected chi connectivity index (χ1v) is 7.48. The zero-order valence-electron chi connectivity index (χ0n) is 12.7. The fraction of sp³-hybridized carbons (Fsp3) is 0.667. The highest BCUT2D eigenvalue weighted by Gasteiger charge is 2.42. The molecule has 6 nitrogen and oxygen atoms in total. The Hall–Kier alpha value is -1.85. The van der Waals surface area contributed by atoms with E-state index in [4.69, 9.17) is 0 Å². The van der Waals surface area contributed by atoms with Crippen LogP contribution in [0, 0.1) is 5.41 Å². The first kappa shape index (κ1) is 15.5. The molecule has 1 heterocycles. The predicted octanol–water partition coefficient (Wildman–Crippen LogP) is 1.63. The average Bonchev–Trinajstić information content (AvgIpc) is 3.03. The van der Waals surface area contributed by atoms with Crippen molar-refractivity contribution in [2.24, 2.45) is 12.5 Å². The second-order valence-electron chi connectivity index (χ2n) is 5.87. The lowest BCUT2D eigenvalue weighted by molar-refractivity contribution is -0.151. The summed E-state index contributed by atoms with van der Waals surface area (Å²) in [6, 6.07) is 0. The van der Waals surface area contributed by atoms with Gasteiger partial charge in [-0.15, -0.1) is 0 Å². The van der Waals surface area contributed by atoms with Gasteiger partial charge in [-0.05, 0) is 19.3 Å². The number of amides is 1. The molecule has 2 rings (SSSR count). The summed E-state index contributed by atoms with van der Waals surface area (Å²) in [5.41, 5.74) is 1.10. The topological polar surface area (TPSA) is 84.2 Å². The highest BCUT2D eigenvalue weighted by atomic mass is 16.4. The smallest absolute Gasteiger partial charge is 0.310 e. The van der Waals surface area contributed by atoms with Crippen LogP contribution in [0.3, 0.4) is 0 Å². The SMILES string of the molecule is CCc1nn(C)cc1CNC(=O)CC1(C(=O)O)CCCC1. The maximum atomic E-state index is 12.1. The number of aromatic nitrogens is 2. The lowest BCUT2D eigenvalue weighted by atomic mass is 9.82. The van der Waals surface area contributed by atoms with Crippen LogP contribution in [0.5, 0.6) is 0 Å². The molecule has 1 aliphatic rings. The Bertz CT molecular complexity index is 530. The van der Waals surface area contributed by atoms with E-state index in [-0.39, 0.29) is 12.3 Å². The van der Waals surface area contributed by atoms with Crippen LogP contribution < -0.4 is 5.32 Å². The molecule has 6 heteroatoms. The van der Waals surface area contributed by atoms with Crippen molar-refractivity contribution < 1.29 is 14.7 Å². The van der Waals surface area contributed by atoms with Gasteiger partial charge in [0.25, 0.3) is 0 Å². The second-order valence-corrected chi connectivity index (χ2v) is 5.87. The van der Waals surface area contributed by atoms with E-state index in [1.54, 1.807) is 4.68 Å². The summed E-state index contributed by atoms with van der Waals surface area (Å²) in [5, 5.41) is 16.6. The van der Waals surface area contributed by atoms with Crippen molar-refractivity contribution in [2.75, 3.05) is 0 Å². The van der Waals surface area contributed by atoms with Gasteiger partial charge in [0.2, 0.25) is 5.91 Å². The molecule has 1 saturated carbocycles. The third-order valence-electron chi connectivity index (χ3n) is 4.32. The Morgan fingerprint density at radius 2 is 2.10 bits per heavy atom. The molecule has 1 fully saturated rings. The number of aryl methyl sites for hydroxylation is 2. The standard InChI is InChI=1S/C15H23N3O3/c1-3-12-11(10-18(2)17-12)9-16-13(19)8-15(14(20)21)6-4-5-7-15/h10H,3-9H2,1-2H3,(H,16,19)(H,20,21). The van der Waals surface area contributed by atoms with Crippen LogP contribution in [0.4, 0.5) is 0 Å². The van der Waals surface area contributed by atoms with E-state index in [0.29, 0.717) is 19.4 Å². The second kappa shape index (κ2) is 6.28. The minimum absolute atomic E-state index is 0.0735. The van der Waals surface area contributed by atoms with E-state index < -0.39 is 11.4 Å². The van der Waals surface area contributed by atoms with Gasteiger partial charge < -0.3 is 10.4 Å². The van der Waals surface area contributed by atoms with Crippen molar-refractivity contribution in [3.8, 4) is 0 Å². The molecule has 116 valence electrons. The Morgan fingerprint density at radius 3 is 2.67 bits per heavy atom. The lowest BCUT2D eigenvalue weighted by Gasteiger charge is -2.22. The van der Waals surface area contributed by atoms with Gasteiger partial charge in [0, 0.05) is 31.8 Å². The van der Waals surface area contributed by atoms with Crippen LogP contribution in [0.15, 0.2) is 6.20 Å². The van der Waals surface area contributed by atoms with Gasteiger partial charge in [-0.3, -0.25) is 14.3 Å². The van der Waals surface area contributed by atoms with E-state index in [2.05, 4.69) is 10.4 Å². The third kappa shape index (κ3) is 3.43. The molecule has 0 aromatic carbocycles. The fourth-order valence-electron chi connectivity index (χ4n) is 3.11. The van der Waals surface area contributed by atoms with Crippen molar-refractivity contribution in [3.63, 3.8) is 0 Å². The molecular weight excluding hydrogens is 270 g/mol. The first-order chi connectivity index (χ1) is 9.97. The van der Waals surface area contributed by atoms with Crippen LogP contribution >= 0.6 is 0 Å². The van der Waals surface area contributed by atoms with E-state index in [1.165, 1.54) is 0 Å². The van der Waals surface area contributed by atoms with E-state index in [0.717, 1.165) is 30.5 Å². The summed E-state index contributed by atoms with van der Waals surface area (Å²) in [4.78, 5) is 23.5. The number of rotatable bonds is 6. The van der Waals surface area contributed by atoms with Crippen LogP contribution in [0.1, 0.15) is 50.3 Å². The van der Waals surface area contributed by atoms with Crippen molar-refractivity contribution in [3.05, 3.63) is 17.5 Å². The fourth-order valence-corrected chi connectivity index (χ4v) is 3.11. The molecule has 2 N–H and O–H groups in total. The largest absolute Gasteiger partial charge is 0.481 e. The van der Waals surface area contributed by atoms with Gasteiger partial charge >= 0.3 is 5.97 Å². The molecule has 0 radical (unpaired) electrons. The van der Waals surface area contributed by atoms with Crippen LogP contribution in [-0.2, 0) is 29.6 Å². The average molecular weight is 293 g/mol. The summed E-state index contributed by atoms with van der Waals surface area (Å²) in [5.74, 6) is -1.03. The number of carbonyl (C=O) groups excluding carboxylic acids is 1. The maximum Gasteiger partial charge on any atom is 0.310 e. The highest BCUT2D eigenvalue weighted by Crippen LogP contribution is 2.41. The molecule has 0 bridgehead atoms. The third-order valence-corrected chi connectivity index (χ3v) is 4.32. The summed E-state index contributed by atoms with van der Waals surface area (Å²) in [7, 11) is 1.85. The zero-order chi connectivity index (χ0) is 15.5. The molecular formula is C15H23N3O3. The van der Waals surface area contributed by atoms with E-state index >= 15 is 0 Å². The number of carboxylic acids is 1. The van der Waals surface area contributed by atoms with Crippen LogP contribution in [-0.4, -0.2) is 26.8 Å². The summed E-state index contributed by atoms with van der Waals surface area (Å²) >= 11 is 0.